The van der Waals surface area contributed by atoms with Crippen molar-refractivity contribution in [1.29, 1.82) is 0 Å². The van der Waals surface area contributed by atoms with Crippen molar-refractivity contribution < 1.29 is 9.53 Å². The number of carbonyl (C=O) groups excluding carboxylic acids is 1. The summed E-state index contributed by atoms with van der Waals surface area (Å²) in [5.41, 5.74) is 0.632. The maximum Gasteiger partial charge on any atom is 0.164 e. The normalized spacial score (nSPS) is 11.5. The minimum absolute atomic E-state index is 0.217. The van der Waals surface area contributed by atoms with Gasteiger partial charge < -0.3 is 4.74 Å². The molecule has 0 aliphatic rings. The molecule has 0 aliphatic heterocycles. The van der Waals surface area contributed by atoms with E-state index in [9.17, 15) is 4.79 Å². The van der Waals surface area contributed by atoms with Gasteiger partial charge in [-0.15, -0.1) is 0 Å². The first-order chi connectivity index (χ1) is 8.18. The Morgan fingerprint density at radius 1 is 1.18 bits per heavy atom. The zero-order valence-corrected chi connectivity index (χ0v) is 11.0. The van der Waals surface area contributed by atoms with Crippen LogP contribution in [0.1, 0.15) is 38.7 Å². The number of hydrogen-bond donors (Lipinski definition) is 0. The summed E-state index contributed by atoms with van der Waals surface area (Å²) >= 11 is 0. The molecule has 17 heavy (non-hydrogen) atoms. The summed E-state index contributed by atoms with van der Waals surface area (Å²) in [4.78, 5) is 12.2. The highest BCUT2D eigenvalue weighted by molar-refractivity contribution is 5.87. The highest BCUT2D eigenvalue weighted by Crippen LogP contribution is 2.23. The topological polar surface area (TPSA) is 26.3 Å². The second kappa shape index (κ2) is 6.55. The molecule has 0 heterocycles. The van der Waals surface area contributed by atoms with Crippen molar-refractivity contribution in [3.05, 3.63) is 35.9 Å². The van der Waals surface area contributed by atoms with Gasteiger partial charge in [0, 0.05) is 13.5 Å². The number of Topliss-reactive ketones (excluding diaryl/α,β-unsaturated/α-hetero) is 1. The van der Waals surface area contributed by atoms with Crippen LogP contribution in [0.3, 0.4) is 0 Å². The molecule has 0 N–H and O–H groups in total. The standard InChI is InChI=1S/C15H22O2/c1-4-15(5-2,17-3)14(16)12-11-13-9-7-6-8-10-13/h6-10H,4-5,11-12H2,1-3H3. The molecule has 0 aromatic heterocycles. The molecule has 0 bridgehead atoms. The van der Waals surface area contributed by atoms with Gasteiger partial charge >= 0.3 is 0 Å². The molecule has 0 aliphatic carbocycles. The monoisotopic (exact) mass is 234 g/mol. The van der Waals surface area contributed by atoms with Crippen LogP contribution in [0, 0.1) is 0 Å². The lowest BCUT2D eigenvalue weighted by atomic mass is 9.88. The van der Waals surface area contributed by atoms with E-state index in [4.69, 9.17) is 4.74 Å². The molecule has 1 aromatic carbocycles. The zero-order valence-electron chi connectivity index (χ0n) is 11.0. The first-order valence-electron chi connectivity index (χ1n) is 6.31. The quantitative estimate of drug-likeness (QED) is 0.723. The summed E-state index contributed by atoms with van der Waals surface area (Å²) in [6, 6.07) is 10.1. The van der Waals surface area contributed by atoms with Gasteiger partial charge in [-0.25, -0.2) is 0 Å². The van der Waals surface area contributed by atoms with Gasteiger partial charge in [-0.05, 0) is 24.8 Å². The van der Waals surface area contributed by atoms with Crippen LogP contribution in [-0.4, -0.2) is 18.5 Å². The third kappa shape index (κ3) is 3.40. The van der Waals surface area contributed by atoms with E-state index in [0.717, 1.165) is 19.3 Å². The molecular weight excluding hydrogens is 212 g/mol. The fourth-order valence-electron chi connectivity index (χ4n) is 2.18. The van der Waals surface area contributed by atoms with E-state index in [-0.39, 0.29) is 5.78 Å². The second-order valence-corrected chi connectivity index (χ2v) is 4.31. The van der Waals surface area contributed by atoms with Gasteiger partial charge in [0.2, 0.25) is 0 Å². The molecule has 1 aromatic rings. The molecule has 0 fully saturated rings. The lowest BCUT2D eigenvalue weighted by Gasteiger charge is -2.28. The van der Waals surface area contributed by atoms with Gasteiger partial charge in [-0.3, -0.25) is 4.79 Å². The molecule has 1 rings (SSSR count). The number of methoxy groups -OCH3 is 1. The van der Waals surface area contributed by atoms with Gasteiger partial charge in [-0.2, -0.15) is 0 Å². The molecule has 2 heteroatoms. The van der Waals surface area contributed by atoms with E-state index < -0.39 is 5.60 Å². The SMILES string of the molecule is CCC(CC)(OC)C(=O)CCc1ccccc1. The molecular formula is C15H22O2. The van der Waals surface area contributed by atoms with E-state index in [1.807, 2.05) is 32.0 Å². The lowest BCUT2D eigenvalue weighted by Crippen LogP contribution is -2.39. The van der Waals surface area contributed by atoms with Crippen LogP contribution in [0.4, 0.5) is 0 Å². The smallest absolute Gasteiger partial charge is 0.164 e. The van der Waals surface area contributed by atoms with Crippen LogP contribution in [0.15, 0.2) is 30.3 Å². The van der Waals surface area contributed by atoms with Gasteiger partial charge in [0.15, 0.2) is 5.78 Å². The van der Waals surface area contributed by atoms with Crippen molar-refractivity contribution in [2.24, 2.45) is 0 Å². The lowest BCUT2D eigenvalue weighted by molar-refractivity contribution is -0.142. The van der Waals surface area contributed by atoms with E-state index in [2.05, 4.69) is 12.1 Å². The Morgan fingerprint density at radius 2 is 1.76 bits per heavy atom. The van der Waals surface area contributed by atoms with Crippen molar-refractivity contribution in [1.82, 2.24) is 0 Å². The minimum atomic E-state index is -0.575. The number of ketones is 1. The Kier molecular flexibility index (Phi) is 5.36. The molecule has 94 valence electrons. The van der Waals surface area contributed by atoms with Crippen molar-refractivity contribution in [2.75, 3.05) is 7.11 Å². The van der Waals surface area contributed by atoms with E-state index in [1.165, 1.54) is 5.56 Å². The molecule has 0 amide bonds. The van der Waals surface area contributed by atoms with Crippen LogP contribution in [0.2, 0.25) is 0 Å². The molecule has 0 saturated carbocycles. The highest BCUT2D eigenvalue weighted by Gasteiger charge is 2.33. The summed E-state index contributed by atoms with van der Waals surface area (Å²) < 4.78 is 5.44. The number of ether oxygens (including phenoxy) is 1. The van der Waals surface area contributed by atoms with E-state index in [1.54, 1.807) is 7.11 Å². The van der Waals surface area contributed by atoms with Crippen molar-refractivity contribution in [2.45, 2.75) is 45.1 Å². The molecule has 0 radical (unpaired) electrons. The van der Waals surface area contributed by atoms with Gasteiger partial charge in [-0.1, -0.05) is 44.2 Å². The fourth-order valence-corrected chi connectivity index (χ4v) is 2.18. The molecule has 0 unspecified atom stereocenters. The first kappa shape index (κ1) is 13.9. The number of benzene rings is 1. The van der Waals surface area contributed by atoms with E-state index >= 15 is 0 Å². The predicted molar refractivity (Wildman–Crippen MR) is 70.1 cm³/mol. The first-order valence-corrected chi connectivity index (χ1v) is 6.31. The molecule has 2 nitrogen and oxygen atoms in total. The van der Waals surface area contributed by atoms with Gasteiger partial charge in [0.1, 0.15) is 5.60 Å². The van der Waals surface area contributed by atoms with Crippen LogP contribution < -0.4 is 0 Å². The maximum atomic E-state index is 12.2. The maximum absolute atomic E-state index is 12.2. The summed E-state index contributed by atoms with van der Waals surface area (Å²) in [5, 5.41) is 0. The van der Waals surface area contributed by atoms with Gasteiger partial charge in [0.05, 0.1) is 0 Å². The number of carbonyl (C=O) groups is 1. The van der Waals surface area contributed by atoms with Crippen LogP contribution in [0.5, 0.6) is 0 Å². The summed E-state index contributed by atoms with van der Waals surface area (Å²) in [6.45, 7) is 4.01. The average Bonchev–Trinajstić information content (AvgIpc) is 2.40. The highest BCUT2D eigenvalue weighted by atomic mass is 16.5. The Balaban J connectivity index is 2.60. The predicted octanol–water partition coefficient (Wildman–Crippen LogP) is 3.39. The summed E-state index contributed by atoms with van der Waals surface area (Å²) in [5.74, 6) is 0.217. The Morgan fingerprint density at radius 3 is 2.24 bits per heavy atom. The van der Waals surface area contributed by atoms with Crippen LogP contribution >= 0.6 is 0 Å². The average molecular weight is 234 g/mol. The number of rotatable bonds is 7. The second-order valence-electron chi connectivity index (χ2n) is 4.31. The third-order valence-corrected chi connectivity index (χ3v) is 3.52. The number of hydrogen-bond acceptors (Lipinski definition) is 2. The Labute approximate surface area is 104 Å². The fraction of sp³-hybridized carbons (Fsp3) is 0.533. The zero-order chi connectivity index (χ0) is 12.7. The molecule has 0 saturated heterocycles. The Bertz CT molecular complexity index is 331. The molecule has 0 atom stereocenters. The van der Waals surface area contributed by atoms with E-state index in [0.29, 0.717) is 6.42 Å². The Hall–Kier alpha value is -1.15. The minimum Gasteiger partial charge on any atom is -0.370 e. The van der Waals surface area contributed by atoms with Crippen LogP contribution in [-0.2, 0) is 16.0 Å². The van der Waals surface area contributed by atoms with Crippen molar-refractivity contribution >= 4 is 5.78 Å². The van der Waals surface area contributed by atoms with Crippen molar-refractivity contribution in [3.8, 4) is 0 Å². The third-order valence-electron chi connectivity index (χ3n) is 3.52. The molecule has 0 spiro atoms. The van der Waals surface area contributed by atoms with Crippen LogP contribution in [0.25, 0.3) is 0 Å². The van der Waals surface area contributed by atoms with Crippen molar-refractivity contribution in [3.63, 3.8) is 0 Å². The number of aryl methyl sites for hydroxylation is 1. The largest absolute Gasteiger partial charge is 0.370 e. The summed E-state index contributed by atoms with van der Waals surface area (Å²) in [7, 11) is 1.63. The van der Waals surface area contributed by atoms with Gasteiger partial charge in [0.25, 0.3) is 0 Å². The summed E-state index contributed by atoms with van der Waals surface area (Å²) in [6.07, 6.45) is 2.84.